The molecule has 0 amide bonds. The van der Waals surface area contributed by atoms with Crippen LogP contribution in [0.1, 0.15) is 36.5 Å². The Hall–Kier alpha value is -1.36. The van der Waals surface area contributed by atoms with Gasteiger partial charge in [0.05, 0.1) is 23.5 Å². The molecule has 1 aliphatic heterocycles. The molecule has 5 heteroatoms. The van der Waals surface area contributed by atoms with Crippen LogP contribution >= 0.6 is 11.8 Å². The van der Waals surface area contributed by atoms with Crippen molar-refractivity contribution in [3.8, 4) is 0 Å². The van der Waals surface area contributed by atoms with Gasteiger partial charge in [-0.1, -0.05) is 12.5 Å². The van der Waals surface area contributed by atoms with Gasteiger partial charge < -0.3 is 15.8 Å². The van der Waals surface area contributed by atoms with Crippen LogP contribution in [0.25, 0.3) is 0 Å². The number of nitrogen functional groups attached to an aromatic ring is 1. The van der Waals surface area contributed by atoms with E-state index in [0.29, 0.717) is 28.8 Å². The molecule has 4 nitrogen and oxygen atoms in total. The normalized spacial score (nSPS) is 18.6. The Morgan fingerprint density at radius 2 is 2.35 bits per heavy atom. The van der Waals surface area contributed by atoms with Crippen LogP contribution in [0.3, 0.4) is 0 Å². The molecule has 0 aromatic heterocycles. The van der Waals surface area contributed by atoms with Crippen molar-refractivity contribution >= 4 is 29.1 Å². The summed E-state index contributed by atoms with van der Waals surface area (Å²) in [7, 11) is 0. The van der Waals surface area contributed by atoms with Crippen LogP contribution in [0, 0.1) is 0 Å². The summed E-state index contributed by atoms with van der Waals surface area (Å²) in [5.74, 6) is 0.903. The summed E-state index contributed by atoms with van der Waals surface area (Å²) in [6.45, 7) is 3.01. The van der Waals surface area contributed by atoms with E-state index < -0.39 is 0 Å². The van der Waals surface area contributed by atoms with Crippen molar-refractivity contribution in [1.82, 2.24) is 0 Å². The molecule has 0 bridgehead atoms. The first-order valence-electron chi connectivity index (χ1n) is 7.13. The number of anilines is 2. The van der Waals surface area contributed by atoms with Crippen LogP contribution in [0.5, 0.6) is 0 Å². The third-order valence-corrected chi connectivity index (χ3v) is 4.77. The van der Waals surface area contributed by atoms with E-state index >= 15 is 0 Å². The minimum Gasteiger partial charge on any atom is -0.462 e. The quantitative estimate of drug-likeness (QED) is 0.645. The lowest BCUT2D eigenvalue weighted by Gasteiger charge is -2.23. The van der Waals surface area contributed by atoms with Gasteiger partial charge in [0, 0.05) is 11.8 Å². The summed E-state index contributed by atoms with van der Waals surface area (Å²) in [6.07, 6.45) is 3.82. The Morgan fingerprint density at radius 3 is 3.05 bits per heavy atom. The van der Waals surface area contributed by atoms with Crippen molar-refractivity contribution in [2.45, 2.75) is 31.4 Å². The van der Waals surface area contributed by atoms with Crippen LogP contribution in [-0.4, -0.2) is 30.1 Å². The van der Waals surface area contributed by atoms with Gasteiger partial charge in [-0.3, -0.25) is 0 Å². The summed E-state index contributed by atoms with van der Waals surface area (Å²) >= 11 is 1.99. The number of thioether (sulfide) groups is 1. The maximum atomic E-state index is 11.9. The monoisotopic (exact) mass is 294 g/mol. The Labute approximate surface area is 124 Å². The zero-order valence-corrected chi connectivity index (χ0v) is 12.7. The van der Waals surface area contributed by atoms with Crippen molar-refractivity contribution in [2.75, 3.05) is 30.0 Å². The first-order valence-corrected chi connectivity index (χ1v) is 8.18. The van der Waals surface area contributed by atoms with Crippen molar-refractivity contribution in [3.05, 3.63) is 23.8 Å². The number of rotatable bonds is 5. The molecule has 0 aliphatic carbocycles. The fourth-order valence-electron chi connectivity index (χ4n) is 2.33. The van der Waals surface area contributed by atoms with E-state index in [-0.39, 0.29) is 5.97 Å². The molecular formula is C15H22N2O2S. The topological polar surface area (TPSA) is 64.3 Å². The highest BCUT2D eigenvalue weighted by Gasteiger charge is 2.18. The molecule has 1 fully saturated rings. The second kappa shape index (κ2) is 7.43. The summed E-state index contributed by atoms with van der Waals surface area (Å²) < 4.78 is 5.08. The van der Waals surface area contributed by atoms with Crippen LogP contribution in [0.4, 0.5) is 11.4 Å². The molecule has 0 radical (unpaired) electrons. The lowest BCUT2D eigenvalue weighted by atomic mass is 10.1. The number of nitrogens with one attached hydrogen (secondary N) is 1. The molecule has 20 heavy (non-hydrogen) atoms. The first-order chi connectivity index (χ1) is 9.72. The third-order valence-electron chi connectivity index (χ3n) is 3.37. The molecule has 1 saturated heterocycles. The van der Waals surface area contributed by atoms with Crippen molar-refractivity contribution in [2.24, 2.45) is 0 Å². The highest BCUT2D eigenvalue weighted by molar-refractivity contribution is 7.99. The van der Waals surface area contributed by atoms with Crippen LogP contribution in [-0.2, 0) is 4.74 Å². The van der Waals surface area contributed by atoms with Gasteiger partial charge >= 0.3 is 5.97 Å². The summed E-state index contributed by atoms with van der Waals surface area (Å²) in [6, 6.07) is 5.34. The number of esters is 1. The predicted octanol–water partition coefficient (Wildman–Crippen LogP) is 3.14. The van der Waals surface area contributed by atoms with E-state index in [1.165, 1.54) is 25.0 Å². The molecule has 1 heterocycles. The molecule has 1 atom stereocenters. The minimum atomic E-state index is -0.321. The number of hydrogen-bond acceptors (Lipinski definition) is 5. The summed E-state index contributed by atoms with van der Waals surface area (Å²) in [4.78, 5) is 11.9. The molecule has 1 aromatic carbocycles. The van der Waals surface area contributed by atoms with E-state index in [1.54, 1.807) is 25.1 Å². The Kier molecular flexibility index (Phi) is 5.59. The second-order valence-electron chi connectivity index (χ2n) is 4.86. The van der Waals surface area contributed by atoms with E-state index in [4.69, 9.17) is 10.5 Å². The number of carbonyl (C=O) groups is 1. The van der Waals surface area contributed by atoms with E-state index in [1.807, 2.05) is 11.8 Å². The van der Waals surface area contributed by atoms with Gasteiger partial charge in [0.1, 0.15) is 0 Å². The van der Waals surface area contributed by atoms with Gasteiger partial charge in [-0.05, 0) is 37.7 Å². The molecule has 3 N–H and O–H groups in total. The number of hydrogen-bond donors (Lipinski definition) is 2. The van der Waals surface area contributed by atoms with E-state index in [2.05, 4.69) is 5.32 Å². The smallest absolute Gasteiger partial charge is 0.340 e. The maximum absolute atomic E-state index is 11.9. The molecule has 0 spiro atoms. The molecule has 0 saturated carbocycles. The number of nitrogens with two attached hydrogens (primary N) is 1. The Morgan fingerprint density at radius 1 is 1.50 bits per heavy atom. The number of carbonyl (C=O) groups excluding carboxylic acids is 1. The molecular weight excluding hydrogens is 272 g/mol. The summed E-state index contributed by atoms with van der Waals surface area (Å²) in [5, 5.41) is 3.94. The average Bonchev–Trinajstić information content (AvgIpc) is 2.47. The predicted molar refractivity (Wildman–Crippen MR) is 85.4 cm³/mol. The zero-order chi connectivity index (χ0) is 14.4. The fourth-order valence-corrected chi connectivity index (χ4v) is 3.57. The largest absolute Gasteiger partial charge is 0.462 e. The Bertz CT molecular complexity index is 459. The number of ether oxygens (including phenoxy) is 1. The highest BCUT2D eigenvalue weighted by atomic mass is 32.2. The van der Waals surface area contributed by atoms with Gasteiger partial charge in [-0.2, -0.15) is 11.8 Å². The van der Waals surface area contributed by atoms with Gasteiger partial charge in [-0.15, -0.1) is 0 Å². The van der Waals surface area contributed by atoms with Gasteiger partial charge in [0.2, 0.25) is 0 Å². The van der Waals surface area contributed by atoms with E-state index in [0.717, 1.165) is 6.54 Å². The molecule has 110 valence electrons. The van der Waals surface area contributed by atoms with Crippen LogP contribution < -0.4 is 11.1 Å². The number of para-hydroxylation sites is 1. The van der Waals surface area contributed by atoms with Crippen molar-refractivity contribution in [3.63, 3.8) is 0 Å². The minimum absolute atomic E-state index is 0.321. The SMILES string of the molecule is CCOC(=O)c1cccc(N)c1NCC1CCCCS1. The fraction of sp³-hybridized carbons (Fsp3) is 0.533. The molecule has 1 aromatic rings. The lowest BCUT2D eigenvalue weighted by molar-refractivity contribution is 0.0527. The standard InChI is InChI=1S/C15H22N2O2S/c1-2-19-15(18)12-7-5-8-13(16)14(12)17-10-11-6-3-4-9-20-11/h5,7-8,11,17H,2-4,6,9-10,16H2,1H3. The van der Waals surface area contributed by atoms with Crippen molar-refractivity contribution < 1.29 is 9.53 Å². The lowest BCUT2D eigenvalue weighted by Crippen LogP contribution is -2.22. The van der Waals surface area contributed by atoms with Crippen molar-refractivity contribution in [1.29, 1.82) is 0 Å². The first kappa shape index (κ1) is 15.0. The molecule has 1 aliphatic rings. The maximum Gasteiger partial charge on any atom is 0.340 e. The molecule has 2 rings (SSSR count). The average molecular weight is 294 g/mol. The second-order valence-corrected chi connectivity index (χ2v) is 6.27. The van der Waals surface area contributed by atoms with Gasteiger partial charge in [-0.25, -0.2) is 4.79 Å². The van der Waals surface area contributed by atoms with Gasteiger partial charge in [0.15, 0.2) is 0 Å². The molecule has 1 unspecified atom stereocenters. The Balaban J connectivity index is 2.06. The third kappa shape index (κ3) is 3.82. The summed E-state index contributed by atoms with van der Waals surface area (Å²) in [5.41, 5.74) is 7.81. The van der Waals surface area contributed by atoms with Crippen LogP contribution in [0.15, 0.2) is 18.2 Å². The zero-order valence-electron chi connectivity index (χ0n) is 11.9. The van der Waals surface area contributed by atoms with Crippen LogP contribution in [0.2, 0.25) is 0 Å². The number of benzene rings is 1. The van der Waals surface area contributed by atoms with Gasteiger partial charge in [0.25, 0.3) is 0 Å². The van der Waals surface area contributed by atoms with E-state index in [9.17, 15) is 4.79 Å². The highest BCUT2D eigenvalue weighted by Crippen LogP contribution is 2.28.